The highest BCUT2D eigenvalue weighted by Gasteiger charge is 2.38. The van der Waals surface area contributed by atoms with Gasteiger partial charge in [0.05, 0.1) is 29.8 Å². The number of fused-ring (bicyclic) bond motifs is 1. The number of carbonyl (C=O) groups excluding carboxylic acids is 2. The Labute approximate surface area is 128 Å². The molecule has 1 aliphatic rings. The van der Waals surface area contributed by atoms with Gasteiger partial charge in [0.15, 0.2) is 0 Å². The van der Waals surface area contributed by atoms with Crippen LogP contribution in [0.4, 0.5) is 10.1 Å². The van der Waals surface area contributed by atoms with E-state index in [1.165, 1.54) is 11.0 Å². The van der Waals surface area contributed by atoms with Gasteiger partial charge in [0.1, 0.15) is 5.82 Å². The van der Waals surface area contributed by atoms with Crippen molar-refractivity contribution < 1.29 is 14.0 Å². The lowest BCUT2D eigenvalue weighted by Crippen LogP contribution is -2.30. The van der Waals surface area contributed by atoms with Gasteiger partial charge >= 0.3 is 0 Å². The molecule has 1 aliphatic heterocycles. The molecule has 0 aliphatic carbocycles. The molecule has 7 heteroatoms. The number of Topliss-reactive ketones (excluding diaryl/α,β-unsaturated/α-hetero) is 1. The van der Waals surface area contributed by atoms with Crippen LogP contribution in [0.3, 0.4) is 0 Å². The van der Waals surface area contributed by atoms with Crippen LogP contribution < -0.4 is 4.90 Å². The first-order valence-corrected chi connectivity index (χ1v) is 7.16. The van der Waals surface area contributed by atoms with Gasteiger partial charge in [-0.2, -0.15) is 0 Å². The van der Waals surface area contributed by atoms with Crippen molar-refractivity contribution in [1.29, 1.82) is 0 Å². The summed E-state index contributed by atoms with van der Waals surface area (Å²) in [7, 11) is 0. The lowest BCUT2D eigenvalue weighted by atomic mass is 10.1. The highest BCUT2D eigenvalue weighted by atomic mass is 79.9. The molecule has 0 N–H and O–H groups in total. The summed E-state index contributed by atoms with van der Waals surface area (Å²) in [6, 6.07) is 2.34. The van der Waals surface area contributed by atoms with Crippen molar-refractivity contribution in [1.82, 2.24) is 9.55 Å². The first kappa shape index (κ1) is 13.9. The SMILES string of the molecule is CCn1cncc1CN1C(=O)C(=O)c2cc(F)cc(Br)c21. The molecular formula is C14H11BrFN3O2. The summed E-state index contributed by atoms with van der Waals surface area (Å²) in [5.41, 5.74) is 1.31. The van der Waals surface area contributed by atoms with E-state index >= 15 is 0 Å². The fourth-order valence-corrected chi connectivity index (χ4v) is 3.08. The maximum atomic E-state index is 13.4. The molecule has 1 aromatic carbocycles. The van der Waals surface area contributed by atoms with E-state index in [1.807, 2.05) is 11.5 Å². The number of imidazole rings is 1. The summed E-state index contributed by atoms with van der Waals surface area (Å²) in [4.78, 5) is 29.5. The number of amides is 1. The number of aryl methyl sites for hydroxylation is 1. The fraction of sp³-hybridized carbons (Fsp3) is 0.214. The van der Waals surface area contributed by atoms with E-state index < -0.39 is 17.5 Å². The molecule has 5 nitrogen and oxygen atoms in total. The van der Waals surface area contributed by atoms with Gasteiger partial charge < -0.3 is 4.57 Å². The quantitative estimate of drug-likeness (QED) is 0.798. The molecular weight excluding hydrogens is 341 g/mol. The van der Waals surface area contributed by atoms with Gasteiger partial charge in [0.25, 0.3) is 11.7 Å². The Balaban J connectivity index is 2.06. The zero-order chi connectivity index (χ0) is 15.1. The Bertz CT molecular complexity index is 757. The van der Waals surface area contributed by atoms with Crippen molar-refractivity contribution in [3.63, 3.8) is 0 Å². The van der Waals surface area contributed by atoms with Crippen molar-refractivity contribution in [3.05, 3.63) is 46.2 Å². The average Bonchev–Trinajstić information content (AvgIpc) is 2.98. The van der Waals surface area contributed by atoms with Gasteiger partial charge in [-0.1, -0.05) is 0 Å². The lowest BCUT2D eigenvalue weighted by molar-refractivity contribution is -0.114. The molecule has 0 bridgehead atoms. The number of aromatic nitrogens is 2. The largest absolute Gasteiger partial charge is 0.333 e. The zero-order valence-electron chi connectivity index (χ0n) is 11.1. The summed E-state index contributed by atoms with van der Waals surface area (Å²) < 4.78 is 15.7. The third-order valence-electron chi connectivity index (χ3n) is 3.44. The molecule has 0 saturated carbocycles. The highest BCUT2D eigenvalue weighted by molar-refractivity contribution is 9.10. The standard InChI is InChI=1S/C14H11BrFN3O2/c1-2-18-7-17-5-9(18)6-19-12-10(13(20)14(19)21)3-8(16)4-11(12)15/h3-5,7H,2,6H2,1H3. The van der Waals surface area contributed by atoms with Gasteiger partial charge in [-0.15, -0.1) is 0 Å². The Morgan fingerprint density at radius 3 is 2.81 bits per heavy atom. The first-order chi connectivity index (χ1) is 10.0. The van der Waals surface area contributed by atoms with E-state index in [-0.39, 0.29) is 12.1 Å². The molecule has 0 saturated heterocycles. The molecule has 0 unspecified atom stereocenters. The smallest absolute Gasteiger partial charge is 0.299 e. The fourth-order valence-electron chi connectivity index (χ4n) is 2.43. The lowest BCUT2D eigenvalue weighted by Gasteiger charge is -2.18. The van der Waals surface area contributed by atoms with Crippen LogP contribution in [0.15, 0.2) is 29.1 Å². The van der Waals surface area contributed by atoms with Crippen molar-refractivity contribution in [2.45, 2.75) is 20.0 Å². The molecule has 2 heterocycles. The van der Waals surface area contributed by atoms with Crippen LogP contribution >= 0.6 is 15.9 Å². The summed E-state index contributed by atoms with van der Waals surface area (Å²) >= 11 is 3.22. The minimum absolute atomic E-state index is 0.0921. The summed E-state index contributed by atoms with van der Waals surface area (Å²) in [5.74, 6) is -1.89. The van der Waals surface area contributed by atoms with Gasteiger partial charge in [-0.05, 0) is 35.0 Å². The molecule has 0 spiro atoms. The number of nitrogens with zero attached hydrogens (tertiary/aromatic N) is 3. The second kappa shape index (κ2) is 5.07. The number of rotatable bonds is 3. The van der Waals surface area contributed by atoms with E-state index in [1.54, 1.807) is 12.5 Å². The number of hydrogen-bond acceptors (Lipinski definition) is 3. The predicted octanol–water partition coefficient (Wildman–Crippen LogP) is 2.53. The number of halogens is 2. The molecule has 1 amide bonds. The monoisotopic (exact) mass is 351 g/mol. The Morgan fingerprint density at radius 2 is 2.10 bits per heavy atom. The number of anilines is 1. The van der Waals surface area contributed by atoms with E-state index in [0.29, 0.717) is 16.7 Å². The van der Waals surface area contributed by atoms with Crippen molar-refractivity contribution in [2.75, 3.05) is 4.90 Å². The molecule has 0 fully saturated rings. The van der Waals surface area contributed by atoms with Crippen LogP contribution in [0.25, 0.3) is 0 Å². The molecule has 1 aromatic heterocycles. The van der Waals surface area contributed by atoms with Crippen LogP contribution in [-0.2, 0) is 17.9 Å². The van der Waals surface area contributed by atoms with Crippen molar-refractivity contribution in [2.24, 2.45) is 0 Å². The maximum Gasteiger partial charge on any atom is 0.299 e. The van der Waals surface area contributed by atoms with Gasteiger partial charge in [-0.3, -0.25) is 14.5 Å². The predicted molar refractivity (Wildman–Crippen MR) is 77.5 cm³/mol. The molecule has 108 valence electrons. The maximum absolute atomic E-state index is 13.4. The number of benzene rings is 1. The topological polar surface area (TPSA) is 55.2 Å². The summed E-state index contributed by atoms with van der Waals surface area (Å²) in [5, 5.41) is 0. The molecule has 0 atom stereocenters. The summed E-state index contributed by atoms with van der Waals surface area (Å²) in [6.45, 7) is 2.89. The molecule has 21 heavy (non-hydrogen) atoms. The number of hydrogen-bond donors (Lipinski definition) is 0. The Morgan fingerprint density at radius 1 is 1.33 bits per heavy atom. The highest BCUT2D eigenvalue weighted by Crippen LogP contribution is 2.37. The van der Waals surface area contributed by atoms with E-state index in [4.69, 9.17) is 0 Å². The van der Waals surface area contributed by atoms with Gasteiger partial charge in [-0.25, -0.2) is 9.37 Å². The van der Waals surface area contributed by atoms with Crippen LogP contribution in [0.2, 0.25) is 0 Å². The normalized spacial score (nSPS) is 14.0. The van der Waals surface area contributed by atoms with Gasteiger partial charge in [0.2, 0.25) is 0 Å². The van der Waals surface area contributed by atoms with Crippen molar-refractivity contribution in [3.8, 4) is 0 Å². The van der Waals surface area contributed by atoms with E-state index in [0.717, 1.165) is 11.8 Å². The van der Waals surface area contributed by atoms with Crippen molar-refractivity contribution >= 4 is 33.3 Å². The van der Waals surface area contributed by atoms with Gasteiger partial charge in [0, 0.05) is 17.2 Å². The second-order valence-electron chi connectivity index (χ2n) is 4.68. The second-order valence-corrected chi connectivity index (χ2v) is 5.53. The number of carbonyl (C=O) groups is 2. The minimum Gasteiger partial charge on any atom is -0.333 e. The van der Waals surface area contributed by atoms with Crippen LogP contribution in [0.5, 0.6) is 0 Å². The minimum atomic E-state index is -0.687. The first-order valence-electron chi connectivity index (χ1n) is 6.37. The van der Waals surface area contributed by atoms with E-state index in [2.05, 4.69) is 20.9 Å². The molecule has 3 rings (SSSR count). The third-order valence-corrected chi connectivity index (χ3v) is 4.05. The number of ketones is 1. The average molecular weight is 352 g/mol. The third kappa shape index (κ3) is 2.17. The zero-order valence-corrected chi connectivity index (χ0v) is 12.7. The Hall–Kier alpha value is -2.02. The molecule has 0 radical (unpaired) electrons. The molecule has 2 aromatic rings. The summed E-state index contributed by atoms with van der Waals surface area (Å²) in [6.07, 6.45) is 3.31. The van der Waals surface area contributed by atoms with Crippen LogP contribution in [-0.4, -0.2) is 21.2 Å². The van der Waals surface area contributed by atoms with Crippen LogP contribution in [0.1, 0.15) is 23.0 Å². The Kier molecular flexibility index (Phi) is 3.36. The van der Waals surface area contributed by atoms with Crippen LogP contribution in [0, 0.1) is 5.82 Å². The van der Waals surface area contributed by atoms with E-state index in [9.17, 15) is 14.0 Å².